The molecule has 0 saturated carbocycles. The number of nitrogens with zero attached hydrogens (tertiary/aromatic N) is 1. The van der Waals surface area contributed by atoms with Gasteiger partial charge in [0.2, 0.25) is 0 Å². The molecule has 1 heterocycles. The van der Waals surface area contributed by atoms with Crippen LogP contribution in [-0.2, 0) is 11.8 Å². The predicted octanol–water partition coefficient (Wildman–Crippen LogP) is 2.93. The molecule has 0 unspecified atom stereocenters. The van der Waals surface area contributed by atoms with Gasteiger partial charge >= 0.3 is 6.18 Å². The van der Waals surface area contributed by atoms with E-state index in [0.29, 0.717) is 37.1 Å². The normalized spacial score (nSPS) is 20.5. The lowest BCUT2D eigenvalue weighted by molar-refractivity contribution is -0.137. The molecule has 1 saturated heterocycles. The molecule has 0 radical (unpaired) electrons. The van der Waals surface area contributed by atoms with E-state index in [-0.39, 0.29) is 0 Å². The molecule has 1 N–H and O–H groups in total. The van der Waals surface area contributed by atoms with E-state index in [1.807, 2.05) is 7.05 Å². The van der Waals surface area contributed by atoms with Crippen LogP contribution in [0, 0.1) is 6.92 Å². The Morgan fingerprint density at radius 3 is 2.32 bits per heavy atom. The van der Waals surface area contributed by atoms with Crippen molar-refractivity contribution in [1.82, 2.24) is 4.90 Å². The maximum atomic E-state index is 12.8. The van der Waals surface area contributed by atoms with Crippen LogP contribution in [0.5, 0.6) is 0 Å². The van der Waals surface area contributed by atoms with Crippen molar-refractivity contribution in [2.24, 2.45) is 0 Å². The summed E-state index contributed by atoms with van der Waals surface area (Å²) in [5.41, 5.74) is -0.714. The van der Waals surface area contributed by atoms with E-state index in [9.17, 15) is 18.3 Å². The Kier molecular flexibility index (Phi) is 3.62. The van der Waals surface area contributed by atoms with Crippen LogP contribution in [0.4, 0.5) is 13.2 Å². The molecule has 0 aliphatic carbocycles. The number of piperidine rings is 1. The largest absolute Gasteiger partial charge is 0.416 e. The molecule has 2 rings (SSSR count). The first-order chi connectivity index (χ1) is 8.72. The standard InChI is InChI=1S/C14H18F3NO/c1-10-3-4-11(14(15,16)17)9-12(10)13(19)5-7-18(2)8-6-13/h3-4,9,19H,5-8H2,1-2H3. The topological polar surface area (TPSA) is 23.5 Å². The summed E-state index contributed by atoms with van der Waals surface area (Å²) in [5.74, 6) is 0. The molecule has 0 spiro atoms. The van der Waals surface area contributed by atoms with Gasteiger partial charge < -0.3 is 10.0 Å². The third kappa shape index (κ3) is 2.92. The molecule has 0 bridgehead atoms. The zero-order valence-corrected chi connectivity index (χ0v) is 11.1. The lowest BCUT2D eigenvalue weighted by atomic mass is 9.81. The van der Waals surface area contributed by atoms with Crippen molar-refractivity contribution in [2.75, 3.05) is 20.1 Å². The average Bonchev–Trinajstić information content (AvgIpc) is 2.32. The van der Waals surface area contributed by atoms with Gasteiger partial charge in [-0.25, -0.2) is 0 Å². The van der Waals surface area contributed by atoms with Crippen molar-refractivity contribution < 1.29 is 18.3 Å². The quantitative estimate of drug-likeness (QED) is 0.850. The van der Waals surface area contributed by atoms with Crippen LogP contribution in [0.3, 0.4) is 0 Å². The van der Waals surface area contributed by atoms with E-state index in [0.717, 1.165) is 12.1 Å². The third-order valence-electron chi connectivity index (χ3n) is 3.88. The smallest absolute Gasteiger partial charge is 0.385 e. The van der Waals surface area contributed by atoms with Gasteiger partial charge in [-0.3, -0.25) is 0 Å². The van der Waals surface area contributed by atoms with Crippen LogP contribution < -0.4 is 0 Å². The van der Waals surface area contributed by atoms with E-state index in [1.54, 1.807) is 6.92 Å². The number of aryl methyl sites for hydroxylation is 1. The summed E-state index contributed by atoms with van der Waals surface area (Å²) in [5, 5.41) is 10.6. The minimum atomic E-state index is -4.37. The summed E-state index contributed by atoms with van der Waals surface area (Å²) >= 11 is 0. The van der Waals surface area contributed by atoms with E-state index < -0.39 is 17.3 Å². The molecule has 2 nitrogen and oxygen atoms in total. The SMILES string of the molecule is Cc1ccc(C(F)(F)F)cc1C1(O)CCN(C)CC1. The predicted molar refractivity (Wildman–Crippen MR) is 66.8 cm³/mol. The molecular weight excluding hydrogens is 255 g/mol. The Balaban J connectivity index is 2.38. The Labute approximate surface area is 110 Å². The Morgan fingerprint density at radius 2 is 1.79 bits per heavy atom. The monoisotopic (exact) mass is 273 g/mol. The Hall–Kier alpha value is -1.07. The van der Waals surface area contributed by atoms with Gasteiger partial charge in [-0.15, -0.1) is 0 Å². The van der Waals surface area contributed by atoms with Crippen LogP contribution >= 0.6 is 0 Å². The highest BCUT2D eigenvalue weighted by molar-refractivity contribution is 5.37. The van der Waals surface area contributed by atoms with Gasteiger partial charge in [0.1, 0.15) is 0 Å². The number of likely N-dealkylation sites (tertiary alicyclic amines) is 1. The zero-order chi connectivity index (χ0) is 14.3. The zero-order valence-electron chi connectivity index (χ0n) is 11.1. The van der Waals surface area contributed by atoms with Crippen molar-refractivity contribution in [2.45, 2.75) is 31.5 Å². The maximum Gasteiger partial charge on any atom is 0.416 e. The summed E-state index contributed by atoms with van der Waals surface area (Å²) < 4.78 is 38.3. The molecule has 1 aliphatic heterocycles. The minimum absolute atomic E-state index is 0.412. The van der Waals surface area contributed by atoms with E-state index in [2.05, 4.69) is 4.90 Å². The maximum absolute atomic E-state index is 12.8. The number of aliphatic hydroxyl groups is 1. The van der Waals surface area contributed by atoms with Crippen molar-refractivity contribution in [3.63, 3.8) is 0 Å². The Bertz CT molecular complexity index is 462. The molecule has 19 heavy (non-hydrogen) atoms. The third-order valence-corrected chi connectivity index (χ3v) is 3.88. The van der Waals surface area contributed by atoms with Gasteiger partial charge in [0.15, 0.2) is 0 Å². The van der Waals surface area contributed by atoms with Crippen molar-refractivity contribution in [3.8, 4) is 0 Å². The number of hydrogen-bond acceptors (Lipinski definition) is 2. The number of alkyl halides is 3. The summed E-state index contributed by atoms with van der Waals surface area (Å²) in [4.78, 5) is 2.07. The summed E-state index contributed by atoms with van der Waals surface area (Å²) in [7, 11) is 1.94. The molecule has 0 amide bonds. The number of rotatable bonds is 1. The van der Waals surface area contributed by atoms with Gasteiger partial charge in [-0.2, -0.15) is 13.2 Å². The number of halogens is 3. The first kappa shape index (κ1) is 14.3. The van der Waals surface area contributed by atoms with Crippen LogP contribution in [0.1, 0.15) is 29.5 Å². The molecule has 106 valence electrons. The second kappa shape index (κ2) is 4.80. The molecule has 1 aromatic carbocycles. The number of benzene rings is 1. The second-order valence-electron chi connectivity index (χ2n) is 5.36. The number of hydrogen-bond donors (Lipinski definition) is 1. The fourth-order valence-electron chi connectivity index (χ4n) is 2.56. The molecular formula is C14H18F3NO. The lowest BCUT2D eigenvalue weighted by Crippen LogP contribution is -2.41. The van der Waals surface area contributed by atoms with Crippen LogP contribution in [-0.4, -0.2) is 30.1 Å². The van der Waals surface area contributed by atoms with Crippen molar-refractivity contribution in [1.29, 1.82) is 0 Å². The van der Waals surface area contributed by atoms with E-state index in [1.165, 1.54) is 6.07 Å². The lowest BCUT2D eigenvalue weighted by Gasteiger charge is -2.38. The van der Waals surface area contributed by atoms with Gasteiger partial charge in [0.05, 0.1) is 11.2 Å². The second-order valence-corrected chi connectivity index (χ2v) is 5.36. The van der Waals surface area contributed by atoms with Crippen molar-refractivity contribution >= 4 is 0 Å². The fourth-order valence-corrected chi connectivity index (χ4v) is 2.56. The van der Waals surface area contributed by atoms with Gasteiger partial charge in [-0.05, 0) is 50.1 Å². The Morgan fingerprint density at radius 1 is 1.21 bits per heavy atom. The molecule has 0 aromatic heterocycles. The van der Waals surface area contributed by atoms with Gasteiger partial charge in [-0.1, -0.05) is 6.07 Å². The molecule has 0 atom stereocenters. The highest BCUT2D eigenvalue weighted by atomic mass is 19.4. The van der Waals surface area contributed by atoms with Crippen LogP contribution in [0.25, 0.3) is 0 Å². The van der Waals surface area contributed by atoms with Crippen molar-refractivity contribution in [3.05, 3.63) is 34.9 Å². The van der Waals surface area contributed by atoms with E-state index >= 15 is 0 Å². The van der Waals surface area contributed by atoms with Crippen LogP contribution in [0.15, 0.2) is 18.2 Å². The molecule has 1 aliphatic rings. The average molecular weight is 273 g/mol. The highest BCUT2D eigenvalue weighted by Gasteiger charge is 2.37. The minimum Gasteiger partial charge on any atom is -0.385 e. The molecule has 1 aromatic rings. The van der Waals surface area contributed by atoms with Gasteiger partial charge in [0, 0.05) is 13.1 Å². The summed E-state index contributed by atoms with van der Waals surface area (Å²) in [6, 6.07) is 3.60. The highest BCUT2D eigenvalue weighted by Crippen LogP contribution is 2.38. The molecule has 1 fully saturated rings. The van der Waals surface area contributed by atoms with Crippen LogP contribution in [0.2, 0.25) is 0 Å². The summed E-state index contributed by atoms with van der Waals surface area (Å²) in [6.45, 7) is 3.12. The fraction of sp³-hybridized carbons (Fsp3) is 0.571. The van der Waals surface area contributed by atoms with Gasteiger partial charge in [0.25, 0.3) is 0 Å². The molecule has 5 heteroatoms. The van der Waals surface area contributed by atoms with E-state index in [4.69, 9.17) is 0 Å². The first-order valence-electron chi connectivity index (χ1n) is 6.32. The summed E-state index contributed by atoms with van der Waals surface area (Å²) in [6.07, 6.45) is -3.44. The first-order valence-corrected chi connectivity index (χ1v) is 6.32.